The molecule has 0 N–H and O–H groups in total. The Labute approximate surface area is 95.7 Å². The summed E-state index contributed by atoms with van der Waals surface area (Å²) in [6.07, 6.45) is 3.86. The van der Waals surface area contributed by atoms with Gasteiger partial charge in [0.15, 0.2) is 17.3 Å². The van der Waals surface area contributed by atoms with Gasteiger partial charge in [-0.15, -0.1) is 0 Å². The van der Waals surface area contributed by atoms with E-state index in [4.69, 9.17) is 9.47 Å². The van der Waals surface area contributed by atoms with Crippen LogP contribution in [-0.2, 0) is 4.79 Å². The summed E-state index contributed by atoms with van der Waals surface area (Å²) in [5.41, 5.74) is 0.916. The van der Waals surface area contributed by atoms with Gasteiger partial charge in [0, 0.05) is 6.42 Å². The van der Waals surface area contributed by atoms with E-state index in [2.05, 4.69) is 0 Å². The summed E-state index contributed by atoms with van der Waals surface area (Å²) in [6, 6.07) is 5.52. The molecule has 0 saturated carbocycles. The van der Waals surface area contributed by atoms with Crippen molar-refractivity contribution in [3.63, 3.8) is 0 Å². The normalized spacial score (nSPS) is 10.4. The van der Waals surface area contributed by atoms with Crippen LogP contribution >= 0.6 is 0 Å². The molecule has 0 radical (unpaired) electrons. The first kappa shape index (κ1) is 12.3. The van der Waals surface area contributed by atoms with Crippen molar-refractivity contribution in [2.24, 2.45) is 0 Å². The number of ketones is 1. The maximum Gasteiger partial charge on any atom is 0.161 e. The van der Waals surface area contributed by atoms with Crippen molar-refractivity contribution < 1.29 is 14.3 Å². The minimum Gasteiger partial charge on any atom is -0.493 e. The fourth-order valence-corrected chi connectivity index (χ4v) is 1.26. The molecule has 1 rings (SSSR count). The van der Waals surface area contributed by atoms with Crippen LogP contribution in [0.3, 0.4) is 0 Å². The zero-order valence-electron chi connectivity index (χ0n) is 9.82. The van der Waals surface area contributed by atoms with Crippen LogP contribution in [-0.4, -0.2) is 20.0 Å². The van der Waals surface area contributed by atoms with Crippen LogP contribution in [0, 0.1) is 0 Å². The Kier molecular flexibility index (Phi) is 4.58. The van der Waals surface area contributed by atoms with Gasteiger partial charge in [-0.3, -0.25) is 4.79 Å². The molecule has 0 atom stereocenters. The number of rotatable bonds is 5. The smallest absolute Gasteiger partial charge is 0.161 e. The second kappa shape index (κ2) is 5.95. The molecule has 0 amide bonds. The van der Waals surface area contributed by atoms with Crippen molar-refractivity contribution in [2.45, 2.75) is 13.3 Å². The second-order valence-corrected chi connectivity index (χ2v) is 3.27. The molecule has 3 nitrogen and oxygen atoms in total. The van der Waals surface area contributed by atoms with Gasteiger partial charge in [0.05, 0.1) is 14.2 Å². The molecule has 0 aliphatic heterocycles. The van der Waals surface area contributed by atoms with E-state index in [1.807, 2.05) is 25.1 Å². The van der Waals surface area contributed by atoms with Crippen LogP contribution in [0.25, 0.3) is 6.08 Å². The van der Waals surface area contributed by atoms with Crippen LogP contribution < -0.4 is 9.47 Å². The van der Waals surface area contributed by atoms with E-state index < -0.39 is 0 Å². The Balaban J connectivity index is 2.91. The third-order valence-electron chi connectivity index (χ3n) is 2.22. The van der Waals surface area contributed by atoms with Crippen molar-refractivity contribution in [3.8, 4) is 11.5 Å². The number of ether oxygens (including phenoxy) is 2. The van der Waals surface area contributed by atoms with E-state index in [0.29, 0.717) is 17.9 Å². The van der Waals surface area contributed by atoms with Crippen molar-refractivity contribution in [1.82, 2.24) is 0 Å². The highest BCUT2D eigenvalue weighted by Gasteiger charge is 2.02. The molecule has 0 fully saturated rings. The fourth-order valence-electron chi connectivity index (χ4n) is 1.26. The van der Waals surface area contributed by atoms with Crippen LogP contribution in [0.15, 0.2) is 24.3 Å². The molecule has 0 unspecified atom stereocenters. The molecule has 0 aliphatic carbocycles. The lowest BCUT2D eigenvalue weighted by Gasteiger charge is -2.07. The largest absolute Gasteiger partial charge is 0.493 e. The maximum atomic E-state index is 11.1. The van der Waals surface area contributed by atoms with Crippen LogP contribution in [0.1, 0.15) is 18.9 Å². The molecule has 3 heteroatoms. The predicted molar refractivity (Wildman–Crippen MR) is 63.9 cm³/mol. The van der Waals surface area contributed by atoms with Gasteiger partial charge in [-0.25, -0.2) is 0 Å². The van der Waals surface area contributed by atoms with Crippen molar-refractivity contribution in [1.29, 1.82) is 0 Å². The number of hydrogen-bond acceptors (Lipinski definition) is 3. The highest BCUT2D eigenvalue weighted by Crippen LogP contribution is 2.27. The Morgan fingerprint density at radius 3 is 2.50 bits per heavy atom. The summed E-state index contributed by atoms with van der Waals surface area (Å²) in [4.78, 5) is 11.1. The monoisotopic (exact) mass is 220 g/mol. The molecule has 0 heterocycles. The van der Waals surface area contributed by atoms with E-state index in [1.54, 1.807) is 26.4 Å². The molecule has 0 spiro atoms. The Morgan fingerprint density at radius 2 is 1.94 bits per heavy atom. The predicted octanol–water partition coefficient (Wildman–Crippen LogP) is 2.70. The van der Waals surface area contributed by atoms with Gasteiger partial charge in [0.1, 0.15) is 0 Å². The molecule has 86 valence electrons. The topological polar surface area (TPSA) is 35.5 Å². The van der Waals surface area contributed by atoms with E-state index in [0.717, 1.165) is 5.56 Å². The van der Waals surface area contributed by atoms with Crippen molar-refractivity contribution in [3.05, 3.63) is 29.8 Å². The first-order valence-corrected chi connectivity index (χ1v) is 5.14. The number of allylic oxidation sites excluding steroid dienone is 1. The molecule has 0 aromatic heterocycles. The van der Waals surface area contributed by atoms with Gasteiger partial charge >= 0.3 is 0 Å². The lowest BCUT2D eigenvalue weighted by atomic mass is 10.1. The molecule has 1 aromatic rings. The van der Waals surface area contributed by atoms with Crippen molar-refractivity contribution >= 4 is 11.9 Å². The molecule has 0 aliphatic rings. The summed E-state index contributed by atoms with van der Waals surface area (Å²) in [5.74, 6) is 1.45. The summed E-state index contributed by atoms with van der Waals surface area (Å²) in [5, 5.41) is 0. The van der Waals surface area contributed by atoms with Gasteiger partial charge in [-0.05, 0) is 23.8 Å². The van der Waals surface area contributed by atoms with E-state index in [9.17, 15) is 4.79 Å². The van der Waals surface area contributed by atoms with Gasteiger partial charge < -0.3 is 9.47 Å². The standard InChI is InChI=1S/C13H16O3/c1-4-11(14)7-5-10-6-8-12(15-2)13(9-10)16-3/h5-9H,4H2,1-3H3/b7-5+. The lowest BCUT2D eigenvalue weighted by molar-refractivity contribution is -0.114. The number of benzene rings is 1. The van der Waals surface area contributed by atoms with E-state index in [-0.39, 0.29) is 5.78 Å². The first-order chi connectivity index (χ1) is 7.71. The molecular weight excluding hydrogens is 204 g/mol. The van der Waals surface area contributed by atoms with Gasteiger partial charge in [0.2, 0.25) is 0 Å². The highest BCUT2D eigenvalue weighted by atomic mass is 16.5. The second-order valence-electron chi connectivity index (χ2n) is 3.27. The van der Waals surface area contributed by atoms with Gasteiger partial charge in [-0.1, -0.05) is 19.1 Å². The van der Waals surface area contributed by atoms with Crippen LogP contribution in [0.4, 0.5) is 0 Å². The molecule has 1 aromatic carbocycles. The molecule has 0 bridgehead atoms. The minimum absolute atomic E-state index is 0.106. The lowest BCUT2D eigenvalue weighted by Crippen LogP contribution is -1.91. The maximum absolute atomic E-state index is 11.1. The number of hydrogen-bond donors (Lipinski definition) is 0. The van der Waals surface area contributed by atoms with Crippen molar-refractivity contribution in [2.75, 3.05) is 14.2 Å². The van der Waals surface area contributed by atoms with Gasteiger partial charge in [-0.2, -0.15) is 0 Å². The Hall–Kier alpha value is -1.77. The number of carbonyl (C=O) groups excluding carboxylic acids is 1. The molecule has 0 saturated heterocycles. The summed E-state index contributed by atoms with van der Waals surface area (Å²) in [6.45, 7) is 1.83. The first-order valence-electron chi connectivity index (χ1n) is 5.14. The number of methoxy groups -OCH3 is 2. The van der Waals surface area contributed by atoms with E-state index >= 15 is 0 Å². The fraction of sp³-hybridized carbons (Fsp3) is 0.308. The Bertz CT molecular complexity index is 394. The van der Waals surface area contributed by atoms with Crippen LogP contribution in [0.5, 0.6) is 11.5 Å². The highest BCUT2D eigenvalue weighted by molar-refractivity contribution is 5.93. The molecular formula is C13H16O3. The Morgan fingerprint density at radius 1 is 1.25 bits per heavy atom. The summed E-state index contributed by atoms with van der Waals surface area (Å²) < 4.78 is 10.3. The summed E-state index contributed by atoms with van der Waals surface area (Å²) in [7, 11) is 3.18. The minimum atomic E-state index is 0.106. The average molecular weight is 220 g/mol. The SMILES string of the molecule is CCC(=O)/C=C/c1ccc(OC)c(OC)c1. The quantitative estimate of drug-likeness (QED) is 0.716. The number of carbonyl (C=O) groups is 1. The zero-order chi connectivity index (χ0) is 12.0. The summed E-state index contributed by atoms with van der Waals surface area (Å²) >= 11 is 0. The zero-order valence-corrected chi connectivity index (χ0v) is 9.82. The average Bonchev–Trinajstić information content (AvgIpc) is 2.35. The van der Waals surface area contributed by atoms with E-state index in [1.165, 1.54) is 0 Å². The van der Waals surface area contributed by atoms with Crippen LogP contribution in [0.2, 0.25) is 0 Å². The van der Waals surface area contributed by atoms with Gasteiger partial charge in [0.25, 0.3) is 0 Å². The third kappa shape index (κ3) is 3.12. The third-order valence-corrected chi connectivity index (χ3v) is 2.22. The molecule has 16 heavy (non-hydrogen) atoms.